The summed E-state index contributed by atoms with van der Waals surface area (Å²) in [6.45, 7) is 3.97. The smallest absolute Gasteiger partial charge is 0.264 e. The minimum absolute atomic E-state index is 0.126. The zero-order chi connectivity index (χ0) is 22.9. The second kappa shape index (κ2) is 8.67. The summed E-state index contributed by atoms with van der Waals surface area (Å²) in [4.78, 5) is 15.2. The Hall–Kier alpha value is -3.32. The van der Waals surface area contributed by atoms with E-state index in [1.165, 1.54) is 7.11 Å². The van der Waals surface area contributed by atoms with Gasteiger partial charge in [0.25, 0.3) is 10.0 Å². The van der Waals surface area contributed by atoms with Crippen LogP contribution in [0.1, 0.15) is 16.7 Å². The minimum atomic E-state index is -4.02. The van der Waals surface area contributed by atoms with Gasteiger partial charge >= 0.3 is 0 Å². The normalized spacial score (nSPS) is 13.0. The van der Waals surface area contributed by atoms with Crippen molar-refractivity contribution in [1.29, 1.82) is 0 Å². The first kappa shape index (κ1) is 21.9. The number of methoxy groups -OCH3 is 1. The van der Waals surface area contributed by atoms with Gasteiger partial charge in [0.05, 0.1) is 17.7 Å². The van der Waals surface area contributed by atoms with Gasteiger partial charge in [-0.1, -0.05) is 42.0 Å². The van der Waals surface area contributed by atoms with Crippen LogP contribution in [0.2, 0.25) is 0 Å². The van der Waals surface area contributed by atoms with E-state index in [0.29, 0.717) is 18.0 Å². The summed E-state index contributed by atoms with van der Waals surface area (Å²) in [6, 6.07) is 19.6. The summed E-state index contributed by atoms with van der Waals surface area (Å²) in [5, 5.41) is 0. The zero-order valence-electron chi connectivity index (χ0n) is 18.4. The number of ether oxygens (including phenoxy) is 1. The molecule has 7 heteroatoms. The number of hydrogen-bond donors (Lipinski definition) is 0. The fourth-order valence-corrected chi connectivity index (χ4v) is 5.35. The van der Waals surface area contributed by atoms with Crippen molar-refractivity contribution in [2.24, 2.45) is 0 Å². The van der Waals surface area contributed by atoms with E-state index < -0.39 is 10.0 Å². The molecular formula is C25H26N2O4S. The van der Waals surface area contributed by atoms with Crippen LogP contribution in [-0.4, -0.2) is 34.5 Å². The first-order valence-electron chi connectivity index (χ1n) is 10.4. The molecule has 1 amide bonds. The Bertz CT molecular complexity index is 1250. The highest BCUT2D eigenvalue weighted by molar-refractivity contribution is 7.92. The molecule has 0 unspecified atom stereocenters. The molecule has 6 nitrogen and oxygen atoms in total. The lowest BCUT2D eigenvalue weighted by Crippen LogP contribution is -2.42. The van der Waals surface area contributed by atoms with Crippen molar-refractivity contribution in [3.8, 4) is 5.75 Å². The number of carbonyl (C=O) groups excluding carboxylic acids is 1. The number of carbonyl (C=O) groups is 1. The first-order chi connectivity index (χ1) is 15.3. The molecule has 1 aliphatic rings. The molecule has 4 rings (SSSR count). The van der Waals surface area contributed by atoms with E-state index in [4.69, 9.17) is 4.74 Å². The van der Waals surface area contributed by atoms with Gasteiger partial charge in [-0.2, -0.15) is 0 Å². The molecule has 0 spiro atoms. The third-order valence-corrected chi connectivity index (χ3v) is 7.45. The molecule has 0 bridgehead atoms. The average Bonchev–Trinajstić information content (AvgIpc) is 3.22. The third-order valence-electron chi connectivity index (χ3n) is 5.68. The number of para-hydroxylation sites is 1. The highest BCUT2D eigenvalue weighted by atomic mass is 32.2. The van der Waals surface area contributed by atoms with Crippen molar-refractivity contribution >= 4 is 27.3 Å². The lowest BCUT2D eigenvalue weighted by Gasteiger charge is -2.28. The fraction of sp³-hybridized carbons (Fsp3) is 0.240. The Morgan fingerprint density at radius 1 is 1.00 bits per heavy atom. The molecule has 0 saturated carbocycles. The Labute approximate surface area is 189 Å². The summed E-state index contributed by atoms with van der Waals surface area (Å²) in [6.07, 6.45) is 0.750. The molecule has 0 radical (unpaired) electrons. The largest absolute Gasteiger partial charge is 0.495 e. The van der Waals surface area contributed by atoms with Gasteiger partial charge in [-0.05, 0) is 61.7 Å². The van der Waals surface area contributed by atoms with Crippen LogP contribution in [-0.2, 0) is 21.2 Å². The number of sulfonamides is 1. The Kier molecular flexibility index (Phi) is 5.93. The number of aryl methyl sites for hydroxylation is 2. The van der Waals surface area contributed by atoms with Crippen LogP contribution < -0.4 is 13.9 Å². The lowest BCUT2D eigenvalue weighted by molar-refractivity contribution is -0.117. The highest BCUT2D eigenvalue weighted by Gasteiger charge is 2.33. The quantitative estimate of drug-likeness (QED) is 0.567. The van der Waals surface area contributed by atoms with Gasteiger partial charge in [0.1, 0.15) is 12.3 Å². The zero-order valence-corrected chi connectivity index (χ0v) is 19.2. The van der Waals surface area contributed by atoms with Crippen molar-refractivity contribution in [3.05, 3.63) is 83.4 Å². The molecule has 0 saturated heterocycles. The summed E-state index contributed by atoms with van der Waals surface area (Å²) < 4.78 is 34.1. The SMILES string of the molecule is COc1ccc(C)cc1N(CC(=O)N1CCc2ccccc21)S(=O)(=O)c1ccc(C)cc1. The van der Waals surface area contributed by atoms with Crippen molar-refractivity contribution in [3.63, 3.8) is 0 Å². The van der Waals surface area contributed by atoms with E-state index >= 15 is 0 Å². The molecular weight excluding hydrogens is 424 g/mol. The molecule has 166 valence electrons. The van der Waals surface area contributed by atoms with Crippen LogP contribution in [0.15, 0.2) is 71.6 Å². The van der Waals surface area contributed by atoms with Gasteiger partial charge in [0, 0.05) is 12.2 Å². The van der Waals surface area contributed by atoms with Gasteiger partial charge in [0.2, 0.25) is 5.91 Å². The van der Waals surface area contributed by atoms with E-state index in [2.05, 4.69) is 0 Å². The topological polar surface area (TPSA) is 66.9 Å². The Balaban J connectivity index is 1.77. The number of fused-ring (bicyclic) bond motifs is 1. The lowest BCUT2D eigenvalue weighted by atomic mass is 10.2. The maximum Gasteiger partial charge on any atom is 0.264 e. The molecule has 0 aliphatic carbocycles. The van der Waals surface area contributed by atoms with Crippen LogP contribution in [0.5, 0.6) is 5.75 Å². The van der Waals surface area contributed by atoms with E-state index in [-0.39, 0.29) is 17.3 Å². The van der Waals surface area contributed by atoms with Gasteiger partial charge in [-0.25, -0.2) is 8.42 Å². The van der Waals surface area contributed by atoms with Crippen molar-refractivity contribution in [2.75, 3.05) is 29.4 Å². The number of hydrogen-bond acceptors (Lipinski definition) is 4. The van der Waals surface area contributed by atoms with Crippen LogP contribution >= 0.6 is 0 Å². The molecule has 32 heavy (non-hydrogen) atoms. The fourth-order valence-electron chi connectivity index (χ4n) is 3.94. The number of nitrogens with zero attached hydrogens (tertiary/aromatic N) is 2. The van der Waals surface area contributed by atoms with Crippen LogP contribution in [0.3, 0.4) is 0 Å². The van der Waals surface area contributed by atoms with Crippen LogP contribution in [0.4, 0.5) is 11.4 Å². The summed E-state index contributed by atoms with van der Waals surface area (Å²) in [7, 11) is -2.53. The first-order valence-corrected chi connectivity index (χ1v) is 11.9. The Morgan fingerprint density at radius 3 is 2.41 bits per heavy atom. The average molecular weight is 451 g/mol. The van der Waals surface area contributed by atoms with Gasteiger partial charge in [-0.15, -0.1) is 0 Å². The van der Waals surface area contributed by atoms with E-state index in [9.17, 15) is 13.2 Å². The summed E-state index contributed by atoms with van der Waals surface area (Å²) >= 11 is 0. The monoisotopic (exact) mass is 450 g/mol. The maximum absolute atomic E-state index is 13.7. The second-order valence-corrected chi connectivity index (χ2v) is 9.79. The number of anilines is 2. The van der Waals surface area contributed by atoms with Crippen LogP contribution in [0.25, 0.3) is 0 Å². The number of rotatable bonds is 6. The minimum Gasteiger partial charge on any atom is -0.495 e. The predicted octanol–water partition coefficient (Wildman–Crippen LogP) is 4.10. The third kappa shape index (κ3) is 4.08. The van der Waals surface area contributed by atoms with E-state index in [1.54, 1.807) is 41.3 Å². The van der Waals surface area contributed by atoms with Crippen molar-refractivity contribution in [2.45, 2.75) is 25.2 Å². The molecule has 0 atom stereocenters. The molecule has 1 heterocycles. The molecule has 3 aromatic carbocycles. The summed E-state index contributed by atoms with van der Waals surface area (Å²) in [5.41, 5.74) is 4.08. The van der Waals surface area contributed by atoms with Crippen LogP contribution in [0, 0.1) is 13.8 Å². The van der Waals surface area contributed by atoms with Gasteiger partial charge in [0.15, 0.2) is 0 Å². The number of amides is 1. The summed E-state index contributed by atoms with van der Waals surface area (Å²) in [5.74, 6) is 0.107. The second-order valence-electron chi connectivity index (χ2n) is 7.92. The maximum atomic E-state index is 13.7. The standard InChI is InChI=1S/C25H26N2O4S/c1-18-8-11-21(12-9-18)32(29,30)27(23-16-19(2)10-13-24(23)31-3)17-25(28)26-15-14-20-6-4-5-7-22(20)26/h4-13,16H,14-15,17H2,1-3H3. The predicted molar refractivity (Wildman–Crippen MR) is 126 cm³/mol. The van der Waals surface area contributed by atoms with Gasteiger partial charge in [-0.3, -0.25) is 9.10 Å². The Morgan fingerprint density at radius 2 is 1.69 bits per heavy atom. The van der Waals surface area contributed by atoms with E-state index in [1.807, 2.05) is 44.2 Å². The van der Waals surface area contributed by atoms with Crippen molar-refractivity contribution < 1.29 is 17.9 Å². The van der Waals surface area contributed by atoms with Gasteiger partial charge < -0.3 is 9.64 Å². The van der Waals surface area contributed by atoms with E-state index in [0.717, 1.165) is 33.1 Å². The highest BCUT2D eigenvalue weighted by Crippen LogP contribution is 2.34. The number of benzene rings is 3. The molecule has 0 fully saturated rings. The molecule has 1 aliphatic heterocycles. The van der Waals surface area contributed by atoms with Crippen molar-refractivity contribution in [1.82, 2.24) is 0 Å². The molecule has 3 aromatic rings. The molecule has 0 N–H and O–H groups in total. The molecule has 0 aromatic heterocycles.